The number of rotatable bonds is 4. The number of halogens is 2. The number of benzene rings is 3. The summed E-state index contributed by atoms with van der Waals surface area (Å²) in [7, 11) is 0. The zero-order valence-corrected chi connectivity index (χ0v) is 16.2. The smallest absolute Gasteiger partial charge is 0.275 e. The summed E-state index contributed by atoms with van der Waals surface area (Å²) in [4.78, 5) is 23.5. The molecule has 0 aliphatic heterocycles. The van der Waals surface area contributed by atoms with Crippen LogP contribution < -0.4 is 5.32 Å². The first kappa shape index (κ1) is 19.0. The van der Waals surface area contributed by atoms with Crippen molar-refractivity contribution in [2.45, 2.75) is 0 Å². The maximum absolute atomic E-state index is 12.7. The summed E-state index contributed by atoms with van der Waals surface area (Å²) in [6.07, 6.45) is 0. The molecule has 0 radical (unpaired) electrons. The number of nitrogens with zero attached hydrogens (tertiary/aromatic N) is 1. The average Bonchev–Trinajstić information content (AvgIpc) is 3.13. The predicted molar refractivity (Wildman–Crippen MR) is 113 cm³/mol. The van der Waals surface area contributed by atoms with Crippen molar-refractivity contribution in [3.05, 3.63) is 92.5 Å². The zero-order chi connectivity index (χ0) is 20.5. The van der Waals surface area contributed by atoms with E-state index in [9.17, 15) is 14.9 Å². The van der Waals surface area contributed by atoms with E-state index in [2.05, 4.69) is 5.32 Å². The molecule has 0 aliphatic rings. The first-order valence-corrected chi connectivity index (χ1v) is 9.22. The van der Waals surface area contributed by atoms with Crippen molar-refractivity contribution in [1.82, 2.24) is 0 Å². The van der Waals surface area contributed by atoms with Gasteiger partial charge in [0.2, 0.25) is 0 Å². The lowest BCUT2D eigenvalue weighted by molar-refractivity contribution is -0.384. The van der Waals surface area contributed by atoms with Gasteiger partial charge in [-0.1, -0.05) is 53.5 Å². The predicted octanol–water partition coefficient (Wildman–Crippen LogP) is 6.57. The van der Waals surface area contributed by atoms with E-state index in [1.54, 1.807) is 6.07 Å². The number of fused-ring (bicyclic) bond motifs is 1. The van der Waals surface area contributed by atoms with Crippen LogP contribution in [0.2, 0.25) is 10.0 Å². The second kappa shape index (κ2) is 7.58. The number of non-ortho nitro benzene ring substituents is 1. The van der Waals surface area contributed by atoms with E-state index in [-0.39, 0.29) is 27.5 Å². The Morgan fingerprint density at radius 3 is 2.45 bits per heavy atom. The van der Waals surface area contributed by atoms with Crippen LogP contribution in [0.4, 0.5) is 11.4 Å². The van der Waals surface area contributed by atoms with E-state index in [0.717, 1.165) is 5.56 Å². The lowest BCUT2D eigenvalue weighted by atomic mass is 10.1. The highest BCUT2D eigenvalue weighted by Gasteiger charge is 2.19. The molecule has 0 spiro atoms. The summed E-state index contributed by atoms with van der Waals surface area (Å²) in [5.74, 6) is 0.0112. The summed E-state index contributed by atoms with van der Waals surface area (Å²) < 4.78 is 5.81. The van der Waals surface area contributed by atoms with Gasteiger partial charge in [0.1, 0.15) is 11.3 Å². The van der Waals surface area contributed by atoms with Gasteiger partial charge in [-0.05, 0) is 24.3 Å². The molecule has 0 unspecified atom stereocenters. The Morgan fingerprint density at radius 1 is 1.00 bits per heavy atom. The van der Waals surface area contributed by atoms with E-state index in [0.29, 0.717) is 16.2 Å². The minimum Gasteiger partial charge on any atom is -0.456 e. The van der Waals surface area contributed by atoms with Gasteiger partial charge in [0.05, 0.1) is 27.3 Å². The number of amides is 1. The van der Waals surface area contributed by atoms with Crippen molar-refractivity contribution >= 4 is 51.5 Å². The van der Waals surface area contributed by atoms with E-state index >= 15 is 0 Å². The van der Waals surface area contributed by atoms with Crippen LogP contribution in [0.1, 0.15) is 10.4 Å². The maximum atomic E-state index is 12.7. The van der Waals surface area contributed by atoms with E-state index in [1.165, 1.54) is 30.3 Å². The van der Waals surface area contributed by atoms with Crippen LogP contribution in [-0.4, -0.2) is 10.8 Å². The Labute approximate surface area is 174 Å². The van der Waals surface area contributed by atoms with Gasteiger partial charge in [-0.3, -0.25) is 14.9 Å². The molecule has 0 fully saturated rings. The van der Waals surface area contributed by atoms with Crippen molar-refractivity contribution in [1.29, 1.82) is 0 Å². The first-order valence-electron chi connectivity index (χ1n) is 8.46. The number of carbonyl (C=O) groups is 1. The van der Waals surface area contributed by atoms with Crippen molar-refractivity contribution < 1.29 is 14.1 Å². The molecule has 1 amide bonds. The Kier molecular flexibility index (Phi) is 4.96. The Balaban J connectivity index is 1.80. The molecule has 8 heteroatoms. The highest BCUT2D eigenvalue weighted by atomic mass is 35.5. The van der Waals surface area contributed by atoms with E-state index < -0.39 is 10.8 Å². The molecule has 0 aliphatic carbocycles. The highest BCUT2D eigenvalue weighted by molar-refractivity contribution is 6.37. The third-order valence-electron chi connectivity index (χ3n) is 4.32. The van der Waals surface area contributed by atoms with Gasteiger partial charge >= 0.3 is 0 Å². The number of nitro groups is 1. The van der Waals surface area contributed by atoms with Crippen molar-refractivity contribution in [3.63, 3.8) is 0 Å². The summed E-state index contributed by atoms with van der Waals surface area (Å²) in [5.41, 5.74) is 1.34. The molecule has 1 aromatic heterocycles. The number of anilines is 1. The third kappa shape index (κ3) is 3.81. The molecule has 3 aromatic carbocycles. The van der Waals surface area contributed by atoms with Gasteiger partial charge in [0.25, 0.3) is 11.6 Å². The van der Waals surface area contributed by atoms with Gasteiger partial charge in [0.15, 0.2) is 0 Å². The Hall–Kier alpha value is -3.35. The quantitative estimate of drug-likeness (QED) is 0.295. The second-order valence-corrected chi connectivity index (χ2v) is 7.06. The molecule has 29 heavy (non-hydrogen) atoms. The molecule has 1 N–H and O–H groups in total. The summed E-state index contributed by atoms with van der Waals surface area (Å²) in [6.45, 7) is 0. The monoisotopic (exact) mass is 426 g/mol. The number of hydrogen-bond donors (Lipinski definition) is 1. The zero-order valence-electron chi connectivity index (χ0n) is 14.7. The normalized spacial score (nSPS) is 10.8. The van der Waals surface area contributed by atoms with E-state index in [4.69, 9.17) is 27.6 Å². The number of nitrogens with one attached hydrogen (secondary N) is 1. The number of hydrogen-bond acceptors (Lipinski definition) is 4. The minimum atomic E-state index is -0.547. The molecule has 0 atom stereocenters. The summed E-state index contributed by atoms with van der Waals surface area (Å²) in [6, 6.07) is 18.1. The van der Waals surface area contributed by atoms with E-state index in [1.807, 2.05) is 30.3 Å². The van der Waals surface area contributed by atoms with Gasteiger partial charge in [0, 0.05) is 22.0 Å². The topological polar surface area (TPSA) is 85.4 Å². The molecular formula is C21H12Cl2N2O4. The van der Waals surface area contributed by atoms with Gasteiger partial charge in [-0.2, -0.15) is 0 Å². The number of furan rings is 1. The van der Waals surface area contributed by atoms with Crippen LogP contribution in [-0.2, 0) is 0 Å². The molecule has 0 bridgehead atoms. The SMILES string of the molecule is O=C(Nc1cc([N+](=O)[O-])cc2oc(-c3ccccc3)cc12)c1ccc(Cl)cc1Cl. The molecule has 4 rings (SSSR count). The molecule has 0 saturated heterocycles. The highest BCUT2D eigenvalue weighted by Crippen LogP contribution is 2.36. The van der Waals surface area contributed by atoms with Crippen LogP contribution >= 0.6 is 23.2 Å². The van der Waals surface area contributed by atoms with Crippen LogP contribution in [0.15, 0.2) is 71.1 Å². The minimum absolute atomic E-state index is 0.175. The lowest BCUT2D eigenvalue weighted by Crippen LogP contribution is -2.12. The van der Waals surface area contributed by atoms with Crippen LogP contribution in [0, 0.1) is 10.1 Å². The van der Waals surface area contributed by atoms with Crippen molar-refractivity contribution in [3.8, 4) is 11.3 Å². The number of nitro benzene ring substituents is 1. The summed E-state index contributed by atoms with van der Waals surface area (Å²) in [5, 5.41) is 15.1. The Morgan fingerprint density at radius 2 is 1.76 bits per heavy atom. The summed E-state index contributed by atoms with van der Waals surface area (Å²) >= 11 is 12.0. The fourth-order valence-electron chi connectivity index (χ4n) is 2.94. The molecule has 6 nitrogen and oxygen atoms in total. The largest absolute Gasteiger partial charge is 0.456 e. The standard InChI is InChI=1S/C21H12Cl2N2O4/c22-13-6-7-15(17(23)8-13)21(26)24-18-9-14(25(27)28)10-20-16(18)11-19(29-20)12-4-2-1-3-5-12/h1-11H,(H,24,26). The number of carbonyl (C=O) groups excluding carboxylic acids is 1. The molecular weight excluding hydrogens is 415 g/mol. The first-order chi connectivity index (χ1) is 13.9. The molecule has 0 saturated carbocycles. The average molecular weight is 427 g/mol. The van der Waals surface area contributed by atoms with Crippen molar-refractivity contribution in [2.75, 3.05) is 5.32 Å². The van der Waals surface area contributed by atoms with Gasteiger partial charge < -0.3 is 9.73 Å². The maximum Gasteiger partial charge on any atom is 0.275 e. The fraction of sp³-hybridized carbons (Fsp3) is 0. The van der Waals surface area contributed by atoms with Gasteiger partial charge in [-0.15, -0.1) is 0 Å². The Bertz CT molecular complexity index is 1250. The van der Waals surface area contributed by atoms with Crippen LogP contribution in [0.3, 0.4) is 0 Å². The molecule has 4 aromatic rings. The lowest BCUT2D eigenvalue weighted by Gasteiger charge is -2.08. The van der Waals surface area contributed by atoms with Crippen molar-refractivity contribution in [2.24, 2.45) is 0 Å². The third-order valence-corrected chi connectivity index (χ3v) is 4.86. The van der Waals surface area contributed by atoms with Crippen LogP contribution in [0.5, 0.6) is 0 Å². The molecule has 144 valence electrons. The van der Waals surface area contributed by atoms with Gasteiger partial charge in [-0.25, -0.2) is 0 Å². The molecule has 1 heterocycles. The van der Waals surface area contributed by atoms with Crippen LogP contribution in [0.25, 0.3) is 22.3 Å². The fourth-order valence-corrected chi connectivity index (χ4v) is 3.44. The second-order valence-electron chi connectivity index (χ2n) is 6.22.